The number of nitro benzene ring substituents is 1. The predicted molar refractivity (Wildman–Crippen MR) is 114 cm³/mol. The first-order chi connectivity index (χ1) is 14.0. The van der Waals surface area contributed by atoms with Gasteiger partial charge in [0.25, 0.3) is 5.69 Å². The van der Waals surface area contributed by atoms with Gasteiger partial charge in [-0.3, -0.25) is 14.9 Å². The van der Waals surface area contributed by atoms with Crippen molar-refractivity contribution >= 4 is 31.0 Å². The molecule has 1 aromatic rings. The number of hydrogen-bond donors (Lipinski definition) is 1. The molecule has 0 aliphatic carbocycles. The van der Waals surface area contributed by atoms with Crippen molar-refractivity contribution in [1.29, 1.82) is 0 Å². The SMILES string of the molecule is C=C/C(=C\C=C/C)O[P@@](=O)(N[C@@H](C)C(=O)OC(C)C)Oc1ccc([N+](=O)[O-])cc1Cl. The van der Waals surface area contributed by atoms with E-state index in [1.54, 1.807) is 32.9 Å². The van der Waals surface area contributed by atoms with Gasteiger partial charge < -0.3 is 13.8 Å². The van der Waals surface area contributed by atoms with Crippen molar-refractivity contribution in [3.8, 4) is 5.75 Å². The molecule has 9 nitrogen and oxygen atoms in total. The average molecular weight is 459 g/mol. The van der Waals surface area contributed by atoms with E-state index < -0.39 is 24.7 Å². The Kier molecular flexibility index (Phi) is 9.78. The fourth-order valence-electron chi connectivity index (χ4n) is 1.97. The van der Waals surface area contributed by atoms with Crippen molar-refractivity contribution in [3.05, 3.63) is 70.0 Å². The normalized spacial score (nSPS) is 14.8. The molecule has 0 bridgehead atoms. The van der Waals surface area contributed by atoms with Gasteiger partial charge in [-0.15, -0.1) is 0 Å². The van der Waals surface area contributed by atoms with E-state index in [9.17, 15) is 19.5 Å². The fourth-order valence-corrected chi connectivity index (χ4v) is 3.79. The Morgan fingerprint density at radius 1 is 1.37 bits per heavy atom. The van der Waals surface area contributed by atoms with Crippen LogP contribution >= 0.6 is 19.3 Å². The lowest BCUT2D eigenvalue weighted by Crippen LogP contribution is -2.36. The van der Waals surface area contributed by atoms with Crippen molar-refractivity contribution in [2.45, 2.75) is 39.8 Å². The Balaban J connectivity index is 3.25. The summed E-state index contributed by atoms with van der Waals surface area (Å²) >= 11 is 6.03. The summed E-state index contributed by atoms with van der Waals surface area (Å²) in [6, 6.07) is 2.29. The first-order valence-corrected chi connectivity index (χ1v) is 10.8. The van der Waals surface area contributed by atoms with E-state index in [1.807, 2.05) is 0 Å². The van der Waals surface area contributed by atoms with E-state index in [4.69, 9.17) is 25.4 Å². The summed E-state index contributed by atoms with van der Waals surface area (Å²) in [6.07, 6.45) is 5.73. The van der Waals surface area contributed by atoms with Crippen LogP contribution in [0.25, 0.3) is 0 Å². The van der Waals surface area contributed by atoms with Crippen LogP contribution in [0.1, 0.15) is 27.7 Å². The number of allylic oxidation sites excluding steroid dienone is 4. The highest BCUT2D eigenvalue weighted by molar-refractivity contribution is 7.52. The van der Waals surface area contributed by atoms with Crippen LogP contribution in [-0.4, -0.2) is 23.0 Å². The van der Waals surface area contributed by atoms with E-state index >= 15 is 0 Å². The minimum atomic E-state index is -4.25. The highest BCUT2D eigenvalue weighted by Crippen LogP contribution is 2.49. The molecule has 0 saturated heterocycles. The maximum Gasteiger partial charge on any atom is 0.513 e. The summed E-state index contributed by atoms with van der Waals surface area (Å²) in [5.41, 5.74) is -0.273. The topological polar surface area (TPSA) is 117 Å². The van der Waals surface area contributed by atoms with Crippen molar-refractivity contribution in [1.82, 2.24) is 5.09 Å². The quantitative estimate of drug-likeness (QED) is 0.118. The molecule has 0 heterocycles. The Hall–Kier alpha value is -2.61. The third kappa shape index (κ3) is 8.02. The molecule has 0 amide bonds. The number of nitro groups is 1. The van der Waals surface area contributed by atoms with Gasteiger partial charge in [-0.05, 0) is 45.9 Å². The van der Waals surface area contributed by atoms with Crippen molar-refractivity contribution in [2.75, 3.05) is 0 Å². The first kappa shape index (κ1) is 25.4. The fraction of sp³-hybridized carbons (Fsp3) is 0.316. The third-order valence-corrected chi connectivity index (χ3v) is 5.17. The number of carbonyl (C=O) groups is 1. The van der Waals surface area contributed by atoms with Crippen LogP contribution in [-0.2, 0) is 18.6 Å². The number of hydrogen-bond acceptors (Lipinski definition) is 7. The molecule has 0 aliphatic rings. The van der Waals surface area contributed by atoms with Crippen molar-refractivity contribution < 1.29 is 28.1 Å². The lowest BCUT2D eigenvalue weighted by Gasteiger charge is -2.24. The second-order valence-electron chi connectivity index (χ2n) is 6.19. The average Bonchev–Trinajstić information content (AvgIpc) is 2.65. The summed E-state index contributed by atoms with van der Waals surface area (Å²) in [4.78, 5) is 22.4. The second-order valence-corrected chi connectivity index (χ2v) is 8.21. The number of nitrogens with zero attached hydrogens (tertiary/aromatic N) is 1. The lowest BCUT2D eigenvalue weighted by molar-refractivity contribution is -0.384. The van der Waals surface area contributed by atoms with Crippen LogP contribution in [0.15, 0.2) is 54.8 Å². The molecule has 30 heavy (non-hydrogen) atoms. The monoisotopic (exact) mass is 458 g/mol. The smallest absolute Gasteiger partial charge is 0.462 e. The molecule has 1 rings (SSSR count). The van der Waals surface area contributed by atoms with Crippen molar-refractivity contribution in [2.24, 2.45) is 0 Å². The number of halogens is 1. The molecule has 0 saturated carbocycles. The highest BCUT2D eigenvalue weighted by Gasteiger charge is 2.35. The number of non-ortho nitro benzene ring substituents is 1. The molecule has 2 atom stereocenters. The van der Waals surface area contributed by atoms with Crippen LogP contribution in [0.4, 0.5) is 5.69 Å². The standard InChI is InChI=1S/C19H24ClN2O7P/c1-6-8-9-16(7-2)28-30(26,21-14(5)19(23)27-13(3)4)29-18-11-10-15(22(24)25)12-17(18)20/h6-14H,2H2,1,3-5H3,(H,21,26)/b8-6-,16-9+/t14-,30-/m0/s1. The summed E-state index contributed by atoms with van der Waals surface area (Å²) < 4.78 is 29.4. The Morgan fingerprint density at radius 3 is 2.53 bits per heavy atom. The molecule has 1 N–H and O–H groups in total. The van der Waals surface area contributed by atoms with Gasteiger partial charge in [-0.1, -0.05) is 30.3 Å². The Bertz CT molecular complexity index is 899. The van der Waals surface area contributed by atoms with Gasteiger partial charge >= 0.3 is 13.7 Å². The molecule has 0 aliphatic heterocycles. The van der Waals surface area contributed by atoms with E-state index in [1.165, 1.54) is 25.1 Å². The summed E-state index contributed by atoms with van der Waals surface area (Å²) in [6.45, 7) is 10.1. The first-order valence-electron chi connectivity index (χ1n) is 8.88. The molecule has 0 radical (unpaired) electrons. The van der Waals surface area contributed by atoms with Crippen LogP contribution in [0, 0.1) is 10.1 Å². The van der Waals surface area contributed by atoms with Crippen LogP contribution < -0.4 is 9.61 Å². The molecule has 0 aromatic heterocycles. The minimum absolute atomic E-state index is 0.0893. The number of nitrogens with one attached hydrogen (secondary N) is 1. The van der Waals surface area contributed by atoms with E-state index in [0.717, 1.165) is 12.1 Å². The summed E-state index contributed by atoms with van der Waals surface area (Å²) in [5, 5.41) is 13.2. The van der Waals surface area contributed by atoms with E-state index in [0.29, 0.717) is 0 Å². The molecule has 0 unspecified atom stereocenters. The van der Waals surface area contributed by atoms with E-state index in [-0.39, 0.29) is 28.3 Å². The largest absolute Gasteiger partial charge is 0.513 e. The zero-order valence-electron chi connectivity index (χ0n) is 17.0. The van der Waals surface area contributed by atoms with Gasteiger partial charge in [-0.25, -0.2) is 4.57 Å². The molecule has 164 valence electrons. The van der Waals surface area contributed by atoms with Gasteiger partial charge in [0.1, 0.15) is 11.8 Å². The summed E-state index contributed by atoms with van der Waals surface area (Å²) in [7, 11) is -4.25. The highest BCUT2D eigenvalue weighted by atomic mass is 35.5. The van der Waals surface area contributed by atoms with Gasteiger partial charge in [0.15, 0.2) is 5.75 Å². The predicted octanol–water partition coefficient (Wildman–Crippen LogP) is 5.33. The van der Waals surface area contributed by atoms with Crippen LogP contribution in [0.2, 0.25) is 5.02 Å². The zero-order chi connectivity index (χ0) is 22.9. The molecular weight excluding hydrogens is 435 g/mol. The van der Waals surface area contributed by atoms with Gasteiger partial charge in [0, 0.05) is 12.1 Å². The number of benzene rings is 1. The maximum absolute atomic E-state index is 13.4. The van der Waals surface area contributed by atoms with Crippen molar-refractivity contribution in [3.63, 3.8) is 0 Å². The third-order valence-electron chi connectivity index (χ3n) is 3.28. The van der Waals surface area contributed by atoms with E-state index in [2.05, 4.69) is 11.7 Å². The number of rotatable bonds is 11. The van der Waals surface area contributed by atoms with Gasteiger partial charge in [-0.2, -0.15) is 5.09 Å². The van der Waals surface area contributed by atoms with Gasteiger partial charge in [0.2, 0.25) is 0 Å². The maximum atomic E-state index is 13.4. The second kappa shape index (κ2) is 11.5. The molecule has 11 heteroatoms. The summed E-state index contributed by atoms with van der Waals surface area (Å²) in [5.74, 6) is -0.729. The molecule has 0 fully saturated rings. The van der Waals surface area contributed by atoms with Crippen LogP contribution in [0.3, 0.4) is 0 Å². The number of ether oxygens (including phenoxy) is 1. The number of carbonyl (C=O) groups excluding carboxylic acids is 1. The zero-order valence-corrected chi connectivity index (χ0v) is 18.7. The lowest BCUT2D eigenvalue weighted by atomic mass is 10.3. The van der Waals surface area contributed by atoms with Crippen LogP contribution in [0.5, 0.6) is 5.75 Å². The minimum Gasteiger partial charge on any atom is -0.462 e. The Morgan fingerprint density at radius 2 is 2.03 bits per heavy atom. The van der Waals surface area contributed by atoms with Gasteiger partial charge in [0.05, 0.1) is 16.0 Å². The molecular formula is C19H24ClN2O7P. The Labute approximate surface area is 180 Å². The molecule has 1 aromatic carbocycles. The molecule has 0 spiro atoms. The number of esters is 1.